The fourth-order valence-corrected chi connectivity index (χ4v) is 3.32. The monoisotopic (exact) mass is 371 g/mol. The van der Waals surface area contributed by atoms with Crippen molar-refractivity contribution in [1.29, 1.82) is 5.26 Å². The lowest BCUT2D eigenvalue weighted by Crippen LogP contribution is -2.51. The lowest BCUT2D eigenvalue weighted by atomic mass is 10.3. The highest BCUT2D eigenvalue weighted by atomic mass is 16.5. The van der Waals surface area contributed by atoms with Crippen molar-refractivity contribution in [2.45, 2.75) is 0 Å². The molecule has 0 saturated carbocycles. The van der Waals surface area contributed by atoms with Crippen LogP contribution in [0.15, 0.2) is 27.2 Å². The van der Waals surface area contributed by atoms with Gasteiger partial charge in [-0.05, 0) is 12.1 Å². The minimum atomic E-state index is 0.143. The number of furan rings is 1. The molecule has 2 aliphatic heterocycles. The number of nitriles is 1. The normalized spacial score (nSPS) is 18.5. The van der Waals surface area contributed by atoms with Crippen molar-refractivity contribution in [3.63, 3.8) is 0 Å². The molecule has 0 spiro atoms. The minimum Gasteiger partial charge on any atom is -0.459 e. The second-order valence-electron chi connectivity index (χ2n) is 6.52. The lowest BCUT2D eigenvalue weighted by Gasteiger charge is -2.35. The van der Waals surface area contributed by atoms with Crippen molar-refractivity contribution < 1.29 is 18.4 Å². The third-order valence-corrected chi connectivity index (χ3v) is 4.83. The Balaban J connectivity index is 1.36. The molecule has 2 aromatic rings. The molecule has 0 radical (unpaired) electrons. The first kappa shape index (κ1) is 17.6. The van der Waals surface area contributed by atoms with Crippen LogP contribution in [-0.2, 0) is 9.53 Å². The number of oxazole rings is 1. The van der Waals surface area contributed by atoms with Crippen LogP contribution in [0, 0.1) is 11.3 Å². The van der Waals surface area contributed by atoms with Crippen LogP contribution in [0.4, 0.5) is 5.88 Å². The van der Waals surface area contributed by atoms with Crippen LogP contribution in [0.5, 0.6) is 0 Å². The van der Waals surface area contributed by atoms with E-state index in [2.05, 4.69) is 16.0 Å². The number of ether oxygens (including phenoxy) is 1. The van der Waals surface area contributed by atoms with Gasteiger partial charge in [-0.15, -0.1) is 0 Å². The third-order valence-electron chi connectivity index (χ3n) is 4.83. The van der Waals surface area contributed by atoms with Crippen LogP contribution in [0.1, 0.15) is 5.69 Å². The summed E-state index contributed by atoms with van der Waals surface area (Å²) in [5, 5.41) is 9.37. The average molecular weight is 371 g/mol. The first-order chi connectivity index (χ1) is 13.2. The maximum absolute atomic E-state index is 12.4. The molecule has 4 rings (SSSR count). The van der Waals surface area contributed by atoms with E-state index in [1.807, 2.05) is 9.80 Å². The molecular formula is C18H21N5O4. The van der Waals surface area contributed by atoms with E-state index in [1.54, 1.807) is 12.1 Å². The maximum atomic E-state index is 12.4. The van der Waals surface area contributed by atoms with Gasteiger partial charge in [0.15, 0.2) is 5.76 Å². The number of hydrogen-bond donors (Lipinski definition) is 0. The zero-order valence-corrected chi connectivity index (χ0v) is 15.0. The molecule has 4 heterocycles. The summed E-state index contributed by atoms with van der Waals surface area (Å²) in [6.07, 6.45) is 1.54. The number of anilines is 1. The van der Waals surface area contributed by atoms with Gasteiger partial charge >= 0.3 is 0 Å². The van der Waals surface area contributed by atoms with Crippen LogP contribution < -0.4 is 4.90 Å². The Bertz CT molecular complexity index is 811. The molecule has 9 nitrogen and oxygen atoms in total. The van der Waals surface area contributed by atoms with Crippen molar-refractivity contribution in [1.82, 2.24) is 14.8 Å². The van der Waals surface area contributed by atoms with E-state index in [0.717, 1.165) is 13.1 Å². The van der Waals surface area contributed by atoms with Crippen LogP contribution in [-0.4, -0.2) is 79.7 Å². The van der Waals surface area contributed by atoms with E-state index in [9.17, 15) is 10.1 Å². The number of aromatic nitrogens is 1. The fraction of sp³-hybridized carbons (Fsp3) is 0.500. The topological polar surface area (TPSA) is 99.0 Å². The van der Waals surface area contributed by atoms with E-state index >= 15 is 0 Å². The molecular weight excluding hydrogens is 350 g/mol. The number of piperazine rings is 1. The van der Waals surface area contributed by atoms with E-state index < -0.39 is 0 Å². The summed E-state index contributed by atoms with van der Waals surface area (Å²) in [5.74, 6) is 1.40. The quantitative estimate of drug-likeness (QED) is 0.778. The summed E-state index contributed by atoms with van der Waals surface area (Å²) >= 11 is 0. The second-order valence-corrected chi connectivity index (χ2v) is 6.52. The number of carbonyl (C=O) groups is 1. The number of amides is 1. The molecule has 0 aromatic carbocycles. The highest BCUT2D eigenvalue weighted by Crippen LogP contribution is 2.29. The smallest absolute Gasteiger partial charge is 0.266 e. The van der Waals surface area contributed by atoms with Crippen LogP contribution >= 0.6 is 0 Å². The lowest BCUT2D eigenvalue weighted by molar-refractivity contribution is -0.136. The van der Waals surface area contributed by atoms with Gasteiger partial charge in [0, 0.05) is 39.3 Å². The van der Waals surface area contributed by atoms with Gasteiger partial charge in [-0.2, -0.15) is 10.2 Å². The zero-order valence-electron chi connectivity index (χ0n) is 15.0. The molecule has 2 saturated heterocycles. The van der Waals surface area contributed by atoms with Gasteiger partial charge in [-0.1, -0.05) is 0 Å². The van der Waals surface area contributed by atoms with Gasteiger partial charge in [-0.3, -0.25) is 9.69 Å². The summed E-state index contributed by atoms with van der Waals surface area (Å²) in [6, 6.07) is 5.57. The maximum Gasteiger partial charge on any atom is 0.266 e. The second kappa shape index (κ2) is 7.82. The average Bonchev–Trinajstić information content (AvgIpc) is 3.39. The molecule has 1 amide bonds. The largest absolute Gasteiger partial charge is 0.459 e. The summed E-state index contributed by atoms with van der Waals surface area (Å²) in [7, 11) is 0. The van der Waals surface area contributed by atoms with E-state index in [-0.39, 0.29) is 11.6 Å². The summed E-state index contributed by atoms with van der Waals surface area (Å²) in [6.45, 7) is 5.73. The van der Waals surface area contributed by atoms with Gasteiger partial charge in [0.05, 0.1) is 26.0 Å². The first-order valence-corrected chi connectivity index (χ1v) is 9.02. The predicted molar refractivity (Wildman–Crippen MR) is 95.0 cm³/mol. The predicted octanol–water partition coefficient (Wildman–Crippen LogP) is 0.787. The van der Waals surface area contributed by atoms with Crippen LogP contribution in [0.2, 0.25) is 0 Å². The van der Waals surface area contributed by atoms with Gasteiger partial charge < -0.3 is 23.4 Å². The Kier molecular flexibility index (Phi) is 5.09. The molecule has 0 bridgehead atoms. The number of morpholine rings is 1. The number of carbonyl (C=O) groups excluding carboxylic acids is 1. The molecule has 0 N–H and O–H groups in total. The Labute approximate surface area is 156 Å². The Morgan fingerprint density at radius 2 is 1.96 bits per heavy atom. The third kappa shape index (κ3) is 3.82. The molecule has 0 aliphatic carbocycles. The SMILES string of the molecule is N#Cc1nc(-c2ccco2)oc1N1CCN(CC(=O)N2CCOCC2)CC1. The van der Waals surface area contributed by atoms with E-state index in [1.165, 1.54) is 6.26 Å². The molecule has 2 aromatic heterocycles. The van der Waals surface area contributed by atoms with Crippen molar-refractivity contribution in [2.75, 3.05) is 63.9 Å². The highest BCUT2D eigenvalue weighted by Gasteiger charge is 2.27. The van der Waals surface area contributed by atoms with Crippen molar-refractivity contribution in [3.8, 4) is 17.7 Å². The Morgan fingerprint density at radius 3 is 2.63 bits per heavy atom. The van der Waals surface area contributed by atoms with Crippen molar-refractivity contribution in [3.05, 3.63) is 24.1 Å². The summed E-state index contributed by atoms with van der Waals surface area (Å²) in [4.78, 5) is 22.6. The van der Waals surface area contributed by atoms with E-state index in [0.29, 0.717) is 63.5 Å². The number of rotatable bonds is 4. The summed E-state index contributed by atoms with van der Waals surface area (Å²) in [5.41, 5.74) is 0.249. The molecule has 0 atom stereocenters. The first-order valence-electron chi connectivity index (χ1n) is 9.02. The van der Waals surface area contributed by atoms with Gasteiger partial charge in [0.25, 0.3) is 5.89 Å². The summed E-state index contributed by atoms with van der Waals surface area (Å²) < 4.78 is 16.4. The molecule has 142 valence electrons. The molecule has 2 fully saturated rings. The van der Waals surface area contributed by atoms with E-state index in [4.69, 9.17) is 13.6 Å². The van der Waals surface area contributed by atoms with Gasteiger partial charge in [0.1, 0.15) is 6.07 Å². The molecule has 27 heavy (non-hydrogen) atoms. The zero-order chi connectivity index (χ0) is 18.6. The molecule has 9 heteroatoms. The number of hydrogen-bond acceptors (Lipinski definition) is 8. The van der Waals surface area contributed by atoms with Crippen molar-refractivity contribution in [2.24, 2.45) is 0 Å². The molecule has 0 unspecified atom stereocenters. The van der Waals surface area contributed by atoms with Gasteiger partial charge in [0.2, 0.25) is 17.5 Å². The highest BCUT2D eigenvalue weighted by molar-refractivity contribution is 5.78. The standard InChI is InChI=1S/C18H21N5O4/c19-12-14-18(27-17(20-14)15-2-1-9-26-15)23-5-3-21(4-6-23)13-16(24)22-7-10-25-11-8-22/h1-2,9H,3-8,10-11,13H2. The fourth-order valence-electron chi connectivity index (χ4n) is 3.32. The van der Waals surface area contributed by atoms with Crippen LogP contribution in [0.25, 0.3) is 11.7 Å². The van der Waals surface area contributed by atoms with Crippen LogP contribution in [0.3, 0.4) is 0 Å². The Hall–Kier alpha value is -2.83. The van der Waals surface area contributed by atoms with Gasteiger partial charge in [-0.25, -0.2) is 0 Å². The van der Waals surface area contributed by atoms with Crippen molar-refractivity contribution >= 4 is 11.8 Å². The molecule has 2 aliphatic rings. The minimum absolute atomic E-state index is 0.143. The number of nitrogens with zero attached hydrogens (tertiary/aromatic N) is 5. The Morgan fingerprint density at radius 1 is 1.19 bits per heavy atom.